The van der Waals surface area contributed by atoms with E-state index in [-0.39, 0.29) is 11.5 Å². The van der Waals surface area contributed by atoms with Crippen molar-refractivity contribution in [1.29, 1.82) is 0 Å². The highest BCUT2D eigenvalue weighted by Gasteiger charge is 2.19. The minimum Gasteiger partial charge on any atom is -0.392 e. The van der Waals surface area contributed by atoms with E-state index >= 15 is 0 Å². The molecule has 0 aliphatic carbocycles. The largest absolute Gasteiger partial charge is 0.392 e. The summed E-state index contributed by atoms with van der Waals surface area (Å²) in [6.07, 6.45) is 0. The van der Waals surface area contributed by atoms with Crippen molar-refractivity contribution in [1.82, 2.24) is 10.2 Å². The summed E-state index contributed by atoms with van der Waals surface area (Å²) in [4.78, 5) is 24.4. The van der Waals surface area contributed by atoms with Gasteiger partial charge in [0, 0.05) is 20.2 Å². The molecule has 2 amide bonds. The van der Waals surface area contributed by atoms with Crippen LogP contribution in [0.3, 0.4) is 0 Å². The third-order valence-corrected chi connectivity index (χ3v) is 2.00. The Balaban J connectivity index is 4.16. The second kappa shape index (κ2) is 8.00. The molecule has 7 heteroatoms. The number of ether oxygens (including phenoxy) is 1. The first-order valence-corrected chi connectivity index (χ1v) is 5.28. The first-order chi connectivity index (χ1) is 7.52. The van der Waals surface area contributed by atoms with Gasteiger partial charge in [0.25, 0.3) is 0 Å². The lowest BCUT2D eigenvalue weighted by Gasteiger charge is -2.19. The predicted molar refractivity (Wildman–Crippen MR) is 63.9 cm³/mol. The van der Waals surface area contributed by atoms with E-state index in [0.717, 1.165) is 0 Å². The summed E-state index contributed by atoms with van der Waals surface area (Å²) in [5.41, 5.74) is 5.20. The van der Waals surface area contributed by atoms with Gasteiger partial charge in [-0.05, 0) is 6.92 Å². The lowest BCUT2D eigenvalue weighted by Crippen LogP contribution is -2.46. The second-order valence-corrected chi connectivity index (χ2v) is 3.55. The van der Waals surface area contributed by atoms with Gasteiger partial charge in [0.15, 0.2) is 0 Å². The molecule has 0 aromatic carbocycles. The van der Waals surface area contributed by atoms with Crippen LogP contribution in [0.25, 0.3) is 0 Å². The van der Waals surface area contributed by atoms with Gasteiger partial charge in [0.05, 0.1) is 18.1 Å². The number of rotatable bonds is 6. The highest BCUT2D eigenvalue weighted by Crippen LogP contribution is 1.90. The lowest BCUT2D eigenvalue weighted by atomic mass is 10.4. The maximum atomic E-state index is 11.6. The van der Waals surface area contributed by atoms with E-state index in [4.69, 9.17) is 10.5 Å². The number of methoxy groups -OCH3 is 1. The van der Waals surface area contributed by atoms with Gasteiger partial charge in [-0.25, -0.2) is 0 Å². The topological polar surface area (TPSA) is 84.7 Å². The number of carbonyl (C=O) groups excluding carboxylic acids is 2. The third-order valence-electron chi connectivity index (χ3n) is 1.85. The van der Waals surface area contributed by atoms with Gasteiger partial charge in [-0.2, -0.15) is 0 Å². The average Bonchev–Trinajstić information content (AvgIpc) is 2.26. The van der Waals surface area contributed by atoms with Gasteiger partial charge in [-0.15, -0.1) is 0 Å². The monoisotopic (exact) mass is 247 g/mol. The van der Waals surface area contributed by atoms with Crippen LogP contribution < -0.4 is 11.1 Å². The predicted octanol–water partition coefficient (Wildman–Crippen LogP) is -1.12. The molecular formula is C9H17N3O3S. The molecule has 0 spiro atoms. The number of carbonyl (C=O) groups is 2. The Morgan fingerprint density at radius 3 is 2.56 bits per heavy atom. The van der Waals surface area contributed by atoms with Crippen LogP contribution in [0.15, 0.2) is 0 Å². The summed E-state index contributed by atoms with van der Waals surface area (Å²) in [5, 5.41) is 2.34. The zero-order valence-corrected chi connectivity index (χ0v) is 10.3. The van der Waals surface area contributed by atoms with Crippen molar-refractivity contribution in [3.05, 3.63) is 0 Å². The molecule has 0 aliphatic heterocycles. The van der Waals surface area contributed by atoms with Gasteiger partial charge in [0.2, 0.25) is 0 Å². The van der Waals surface area contributed by atoms with Crippen LogP contribution in [0.5, 0.6) is 0 Å². The highest BCUT2D eigenvalue weighted by molar-refractivity contribution is 7.80. The Labute approximate surface area is 100 Å². The molecule has 6 nitrogen and oxygen atoms in total. The van der Waals surface area contributed by atoms with Gasteiger partial charge < -0.3 is 20.7 Å². The van der Waals surface area contributed by atoms with Crippen LogP contribution in [0.2, 0.25) is 0 Å². The van der Waals surface area contributed by atoms with Crippen molar-refractivity contribution in [3.8, 4) is 0 Å². The van der Waals surface area contributed by atoms with Crippen molar-refractivity contribution >= 4 is 29.0 Å². The molecule has 0 heterocycles. The minimum absolute atomic E-state index is 0.0295. The van der Waals surface area contributed by atoms with Gasteiger partial charge >= 0.3 is 11.8 Å². The fourth-order valence-corrected chi connectivity index (χ4v) is 1.06. The summed E-state index contributed by atoms with van der Waals surface area (Å²) in [5.74, 6) is -1.30. The third kappa shape index (κ3) is 5.62. The Bertz CT molecular complexity index is 271. The van der Waals surface area contributed by atoms with Crippen molar-refractivity contribution in [3.63, 3.8) is 0 Å². The number of nitrogens with two attached hydrogens (primary N) is 1. The molecule has 0 unspecified atom stereocenters. The standard InChI is InChI=1S/C9H17N3O3S/c1-3-12(4-5-15-2)9(14)8(13)11-6-7(10)16/h3-6H2,1-2H3,(H2,10,16)(H,11,13). The first-order valence-electron chi connectivity index (χ1n) is 4.87. The summed E-state index contributed by atoms with van der Waals surface area (Å²) in [7, 11) is 1.53. The number of nitrogens with one attached hydrogen (secondary N) is 1. The Hall–Kier alpha value is -1.21. The summed E-state index contributed by atoms with van der Waals surface area (Å²) >= 11 is 4.58. The molecule has 0 bridgehead atoms. The molecule has 16 heavy (non-hydrogen) atoms. The van der Waals surface area contributed by atoms with Crippen LogP contribution in [-0.2, 0) is 14.3 Å². The second-order valence-electron chi connectivity index (χ2n) is 3.03. The van der Waals surface area contributed by atoms with Crippen LogP contribution in [0.4, 0.5) is 0 Å². The Morgan fingerprint density at radius 1 is 1.50 bits per heavy atom. The van der Waals surface area contributed by atoms with E-state index < -0.39 is 11.8 Å². The van der Waals surface area contributed by atoms with Gasteiger partial charge in [-0.3, -0.25) is 9.59 Å². The maximum absolute atomic E-state index is 11.6. The zero-order valence-electron chi connectivity index (χ0n) is 9.49. The van der Waals surface area contributed by atoms with Gasteiger partial charge in [-0.1, -0.05) is 12.2 Å². The number of likely N-dealkylation sites (N-methyl/N-ethyl adjacent to an activating group) is 1. The smallest absolute Gasteiger partial charge is 0.311 e. The van der Waals surface area contributed by atoms with E-state index in [1.54, 1.807) is 6.92 Å². The normalized spacial score (nSPS) is 9.62. The highest BCUT2D eigenvalue weighted by atomic mass is 32.1. The van der Waals surface area contributed by atoms with E-state index in [0.29, 0.717) is 19.7 Å². The first kappa shape index (κ1) is 14.8. The molecule has 0 aromatic heterocycles. The van der Waals surface area contributed by atoms with E-state index in [9.17, 15) is 9.59 Å². The molecule has 0 rings (SSSR count). The SMILES string of the molecule is CCN(CCOC)C(=O)C(=O)NCC(N)=S. The van der Waals surface area contributed by atoms with Crippen LogP contribution in [0.1, 0.15) is 6.92 Å². The van der Waals surface area contributed by atoms with E-state index in [2.05, 4.69) is 17.5 Å². The molecule has 0 saturated carbocycles. The summed E-state index contributed by atoms with van der Waals surface area (Å²) in [6.45, 7) is 3.04. The average molecular weight is 247 g/mol. The molecular weight excluding hydrogens is 230 g/mol. The minimum atomic E-state index is -0.703. The molecule has 0 radical (unpaired) electrons. The molecule has 0 aliphatic rings. The van der Waals surface area contributed by atoms with Gasteiger partial charge in [0.1, 0.15) is 0 Å². The van der Waals surface area contributed by atoms with Crippen LogP contribution in [0, 0.1) is 0 Å². The van der Waals surface area contributed by atoms with E-state index in [1.165, 1.54) is 12.0 Å². The van der Waals surface area contributed by atoms with Crippen LogP contribution >= 0.6 is 12.2 Å². The Kier molecular flexibility index (Phi) is 7.40. The quantitative estimate of drug-likeness (QED) is 0.459. The van der Waals surface area contributed by atoms with Crippen molar-refractivity contribution in [2.45, 2.75) is 6.92 Å². The molecule has 0 saturated heterocycles. The molecule has 3 N–H and O–H groups in total. The van der Waals surface area contributed by atoms with Crippen molar-refractivity contribution in [2.75, 3.05) is 33.4 Å². The van der Waals surface area contributed by atoms with Crippen LogP contribution in [-0.4, -0.2) is 55.1 Å². The lowest BCUT2D eigenvalue weighted by molar-refractivity contribution is -0.145. The van der Waals surface area contributed by atoms with Crippen molar-refractivity contribution in [2.24, 2.45) is 5.73 Å². The molecule has 0 atom stereocenters. The molecule has 92 valence electrons. The number of nitrogens with zero attached hydrogens (tertiary/aromatic N) is 1. The molecule has 0 fully saturated rings. The molecule has 0 aromatic rings. The summed E-state index contributed by atoms with van der Waals surface area (Å²) in [6, 6.07) is 0. The fourth-order valence-electron chi connectivity index (χ4n) is 0.991. The number of thiocarbonyl (C=S) groups is 1. The number of hydrogen-bond donors (Lipinski definition) is 2. The fraction of sp³-hybridized carbons (Fsp3) is 0.667. The maximum Gasteiger partial charge on any atom is 0.311 e. The van der Waals surface area contributed by atoms with Crippen molar-refractivity contribution < 1.29 is 14.3 Å². The van der Waals surface area contributed by atoms with E-state index in [1.807, 2.05) is 0 Å². The number of hydrogen-bond acceptors (Lipinski definition) is 4. The number of amides is 2. The Morgan fingerprint density at radius 2 is 2.12 bits per heavy atom. The summed E-state index contributed by atoms with van der Waals surface area (Å²) < 4.78 is 4.84. The zero-order chi connectivity index (χ0) is 12.6.